The van der Waals surface area contributed by atoms with Crippen molar-refractivity contribution in [3.05, 3.63) is 77.5 Å². The first-order valence-electron chi connectivity index (χ1n) is 12.0. The molecule has 1 aromatic heterocycles. The summed E-state index contributed by atoms with van der Waals surface area (Å²) in [6.45, 7) is 4.61. The molecular formula is C28H31N3O2. The molecule has 5 nitrogen and oxygen atoms in total. The molecule has 1 fully saturated rings. The molecule has 2 aliphatic rings. The second kappa shape index (κ2) is 9.75. The number of carbonyl (C=O) groups excluding carboxylic acids is 1. The molecular weight excluding hydrogens is 410 g/mol. The molecule has 5 heteroatoms. The van der Waals surface area contributed by atoms with Gasteiger partial charge in [-0.15, -0.1) is 0 Å². The number of carbonyl (C=O) groups is 1. The molecule has 3 aromatic rings. The molecule has 33 heavy (non-hydrogen) atoms. The number of benzene rings is 2. The van der Waals surface area contributed by atoms with E-state index in [1.54, 1.807) is 13.1 Å². The molecule has 1 N–H and O–H groups in total. The summed E-state index contributed by atoms with van der Waals surface area (Å²) >= 11 is 0. The van der Waals surface area contributed by atoms with Crippen LogP contribution in [-0.4, -0.2) is 35.0 Å². The van der Waals surface area contributed by atoms with Gasteiger partial charge < -0.3 is 10.1 Å². The maximum atomic E-state index is 11.9. The number of rotatable bonds is 6. The van der Waals surface area contributed by atoms with Gasteiger partial charge in [0, 0.05) is 44.4 Å². The van der Waals surface area contributed by atoms with Crippen LogP contribution in [0.1, 0.15) is 42.9 Å². The van der Waals surface area contributed by atoms with Gasteiger partial charge in [-0.05, 0) is 60.4 Å². The van der Waals surface area contributed by atoms with Crippen LogP contribution in [0.5, 0.6) is 5.88 Å². The Morgan fingerprint density at radius 2 is 1.91 bits per heavy atom. The van der Waals surface area contributed by atoms with Crippen LogP contribution in [-0.2, 0) is 24.2 Å². The van der Waals surface area contributed by atoms with E-state index in [0.29, 0.717) is 5.88 Å². The van der Waals surface area contributed by atoms with E-state index in [9.17, 15) is 4.79 Å². The highest BCUT2D eigenvalue weighted by Crippen LogP contribution is 2.38. The minimum absolute atomic E-state index is 0.0376. The van der Waals surface area contributed by atoms with Crippen molar-refractivity contribution >= 4 is 11.6 Å². The van der Waals surface area contributed by atoms with Gasteiger partial charge in [0.2, 0.25) is 11.8 Å². The number of aromatic nitrogens is 1. The Hall–Kier alpha value is -3.18. The summed E-state index contributed by atoms with van der Waals surface area (Å²) in [6, 6.07) is 19.0. The zero-order valence-electron chi connectivity index (χ0n) is 19.2. The van der Waals surface area contributed by atoms with Crippen LogP contribution in [0.25, 0.3) is 11.1 Å². The second-order valence-corrected chi connectivity index (χ2v) is 9.12. The Morgan fingerprint density at radius 3 is 2.70 bits per heavy atom. The third-order valence-corrected chi connectivity index (χ3v) is 6.70. The predicted molar refractivity (Wildman–Crippen MR) is 131 cm³/mol. The lowest BCUT2D eigenvalue weighted by Crippen LogP contribution is -2.37. The summed E-state index contributed by atoms with van der Waals surface area (Å²) in [5, 5.41) is 3.09. The lowest BCUT2D eigenvalue weighted by molar-refractivity contribution is -0.114. The van der Waals surface area contributed by atoms with Crippen LogP contribution >= 0.6 is 0 Å². The summed E-state index contributed by atoms with van der Waals surface area (Å²) in [6.07, 6.45) is 7.20. The molecule has 1 saturated heterocycles. The topological polar surface area (TPSA) is 54.5 Å². The third kappa shape index (κ3) is 5.09. The zero-order valence-corrected chi connectivity index (χ0v) is 19.2. The van der Waals surface area contributed by atoms with E-state index in [2.05, 4.69) is 57.7 Å². The van der Waals surface area contributed by atoms with Crippen molar-refractivity contribution in [3.8, 4) is 17.0 Å². The molecule has 0 atom stereocenters. The summed E-state index contributed by atoms with van der Waals surface area (Å²) in [7, 11) is 0. The summed E-state index contributed by atoms with van der Waals surface area (Å²) in [4.78, 5) is 18.9. The van der Waals surface area contributed by atoms with Crippen LogP contribution in [0.3, 0.4) is 0 Å². The fourth-order valence-corrected chi connectivity index (χ4v) is 5.06. The SMILES string of the molecule is CC(=O)Nc1c(-c2ccnc(OC3CCN(Cc4ccccc4)CC3)c2)ccc2c1CCC2. The van der Waals surface area contributed by atoms with Gasteiger partial charge in [-0.2, -0.15) is 0 Å². The van der Waals surface area contributed by atoms with Crippen LogP contribution in [0.4, 0.5) is 5.69 Å². The number of fused-ring (bicyclic) bond motifs is 1. The van der Waals surface area contributed by atoms with E-state index >= 15 is 0 Å². The number of nitrogens with one attached hydrogen (secondary N) is 1. The summed E-state index contributed by atoms with van der Waals surface area (Å²) < 4.78 is 6.30. The first-order valence-corrected chi connectivity index (χ1v) is 12.0. The van der Waals surface area contributed by atoms with Crippen LogP contribution in [0.2, 0.25) is 0 Å². The van der Waals surface area contributed by atoms with Crippen molar-refractivity contribution in [2.24, 2.45) is 0 Å². The lowest BCUT2D eigenvalue weighted by atomic mass is 9.97. The van der Waals surface area contributed by atoms with Gasteiger partial charge in [0.25, 0.3) is 0 Å². The normalized spacial score (nSPS) is 16.4. The Balaban J connectivity index is 1.28. The second-order valence-electron chi connectivity index (χ2n) is 9.12. The Kier molecular flexibility index (Phi) is 6.40. The molecule has 0 bridgehead atoms. The fraction of sp³-hybridized carbons (Fsp3) is 0.357. The van der Waals surface area contributed by atoms with Gasteiger partial charge in [0.15, 0.2) is 0 Å². The highest BCUT2D eigenvalue weighted by atomic mass is 16.5. The Morgan fingerprint density at radius 1 is 1.09 bits per heavy atom. The monoisotopic (exact) mass is 441 g/mol. The van der Waals surface area contributed by atoms with Gasteiger partial charge in [0.1, 0.15) is 6.10 Å². The van der Waals surface area contributed by atoms with E-state index in [4.69, 9.17) is 4.74 Å². The van der Waals surface area contributed by atoms with E-state index < -0.39 is 0 Å². The minimum Gasteiger partial charge on any atom is -0.474 e. The maximum Gasteiger partial charge on any atom is 0.221 e. The molecule has 0 radical (unpaired) electrons. The quantitative estimate of drug-likeness (QED) is 0.568. The highest BCUT2D eigenvalue weighted by molar-refractivity contribution is 5.96. The molecule has 1 aliphatic carbocycles. The first-order chi connectivity index (χ1) is 16.2. The third-order valence-electron chi connectivity index (χ3n) is 6.70. The summed E-state index contributed by atoms with van der Waals surface area (Å²) in [5.74, 6) is 0.618. The van der Waals surface area contributed by atoms with Crippen molar-refractivity contribution in [2.75, 3.05) is 18.4 Å². The van der Waals surface area contributed by atoms with Gasteiger partial charge in [0.05, 0.1) is 5.69 Å². The molecule has 5 rings (SSSR count). The van der Waals surface area contributed by atoms with E-state index in [-0.39, 0.29) is 12.0 Å². The van der Waals surface area contributed by atoms with Crippen molar-refractivity contribution in [1.82, 2.24) is 9.88 Å². The largest absolute Gasteiger partial charge is 0.474 e. The Labute approximate surface area is 195 Å². The van der Waals surface area contributed by atoms with Crippen LogP contribution < -0.4 is 10.1 Å². The molecule has 170 valence electrons. The standard InChI is InChI=1S/C28H31N3O2/c1-20(32)30-28-25-9-5-8-22(25)10-11-26(28)23-12-15-29-27(18-23)33-24-13-16-31(17-14-24)19-21-6-3-2-4-7-21/h2-4,6-7,10-12,15,18,24H,5,8-9,13-14,16-17,19H2,1H3,(H,30,32). The number of likely N-dealkylation sites (tertiary alicyclic amines) is 1. The molecule has 1 aliphatic heterocycles. The van der Waals surface area contributed by atoms with Crippen molar-refractivity contribution in [1.29, 1.82) is 0 Å². The van der Waals surface area contributed by atoms with Crippen molar-refractivity contribution < 1.29 is 9.53 Å². The van der Waals surface area contributed by atoms with E-state index in [0.717, 1.165) is 68.6 Å². The number of amides is 1. The lowest BCUT2D eigenvalue weighted by Gasteiger charge is -2.32. The van der Waals surface area contributed by atoms with Crippen LogP contribution in [0, 0.1) is 0 Å². The number of anilines is 1. The number of hydrogen-bond acceptors (Lipinski definition) is 4. The highest BCUT2D eigenvalue weighted by Gasteiger charge is 2.22. The first kappa shape index (κ1) is 21.7. The number of ether oxygens (including phenoxy) is 1. The minimum atomic E-state index is -0.0376. The molecule has 0 saturated carbocycles. The molecule has 0 spiro atoms. The molecule has 2 aromatic carbocycles. The van der Waals surface area contributed by atoms with Crippen LogP contribution in [0.15, 0.2) is 60.8 Å². The number of pyridine rings is 1. The van der Waals surface area contributed by atoms with Gasteiger partial charge in [-0.25, -0.2) is 4.98 Å². The Bertz CT molecular complexity index is 1120. The van der Waals surface area contributed by atoms with E-state index in [1.807, 2.05) is 12.1 Å². The summed E-state index contributed by atoms with van der Waals surface area (Å²) in [5.41, 5.74) is 6.98. The number of nitrogens with zero attached hydrogens (tertiary/aromatic N) is 2. The number of hydrogen-bond donors (Lipinski definition) is 1. The number of aryl methyl sites for hydroxylation is 1. The smallest absolute Gasteiger partial charge is 0.221 e. The van der Waals surface area contributed by atoms with Crippen molar-refractivity contribution in [3.63, 3.8) is 0 Å². The average molecular weight is 442 g/mol. The van der Waals surface area contributed by atoms with E-state index in [1.165, 1.54) is 16.7 Å². The zero-order chi connectivity index (χ0) is 22.6. The van der Waals surface area contributed by atoms with Gasteiger partial charge in [-0.1, -0.05) is 42.5 Å². The van der Waals surface area contributed by atoms with Gasteiger partial charge >= 0.3 is 0 Å². The van der Waals surface area contributed by atoms with Gasteiger partial charge in [-0.3, -0.25) is 9.69 Å². The molecule has 1 amide bonds. The number of piperidine rings is 1. The predicted octanol–water partition coefficient (Wildman–Crippen LogP) is 5.24. The van der Waals surface area contributed by atoms with Crippen molar-refractivity contribution in [2.45, 2.75) is 51.7 Å². The average Bonchev–Trinajstić information content (AvgIpc) is 3.31. The maximum absolute atomic E-state index is 11.9. The molecule has 0 unspecified atom stereocenters. The molecule has 2 heterocycles. The fourth-order valence-electron chi connectivity index (χ4n) is 5.06.